The zero-order chi connectivity index (χ0) is 11.4. The molecule has 3 nitrogen and oxygen atoms in total. The van der Waals surface area contributed by atoms with E-state index >= 15 is 0 Å². The van der Waals surface area contributed by atoms with E-state index in [1.165, 1.54) is 18.4 Å². The highest BCUT2D eigenvalue weighted by atomic mass is 16.5. The van der Waals surface area contributed by atoms with E-state index < -0.39 is 0 Å². The molecule has 3 heteroatoms. The largest absolute Gasteiger partial charge is 0.491 e. The first-order chi connectivity index (χ1) is 7.78. The fraction of sp³-hybridized carbons (Fsp3) is 0.462. The number of ether oxygens (including phenoxy) is 1. The van der Waals surface area contributed by atoms with E-state index in [9.17, 15) is 0 Å². The van der Waals surface area contributed by atoms with Gasteiger partial charge in [-0.05, 0) is 37.5 Å². The molecule has 16 heavy (non-hydrogen) atoms. The Morgan fingerprint density at radius 3 is 3.00 bits per heavy atom. The summed E-state index contributed by atoms with van der Waals surface area (Å²) in [6.45, 7) is 2.44. The van der Waals surface area contributed by atoms with Gasteiger partial charge in [-0.3, -0.25) is 5.32 Å². The van der Waals surface area contributed by atoms with Gasteiger partial charge in [0.15, 0.2) is 0 Å². The van der Waals surface area contributed by atoms with Gasteiger partial charge in [0.25, 0.3) is 0 Å². The van der Waals surface area contributed by atoms with Crippen LogP contribution in [0.4, 0.5) is 0 Å². The lowest BCUT2D eigenvalue weighted by Crippen LogP contribution is -2.34. The summed E-state index contributed by atoms with van der Waals surface area (Å²) in [5.41, 5.74) is 1.17. The molecule has 0 bridgehead atoms. The minimum Gasteiger partial charge on any atom is -0.491 e. The van der Waals surface area contributed by atoms with Crippen molar-refractivity contribution in [1.29, 1.82) is 5.26 Å². The Bertz CT molecular complexity index is 393. The fourth-order valence-electron chi connectivity index (χ4n) is 1.54. The first-order valence-corrected chi connectivity index (χ1v) is 5.63. The van der Waals surface area contributed by atoms with Crippen LogP contribution in [0.15, 0.2) is 24.3 Å². The quantitative estimate of drug-likeness (QED) is 0.819. The van der Waals surface area contributed by atoms with Crippen LogP contribution in [-0.4, -0.2) is 18.7 Å². The number of hydrogen-bond acceptors (Lipinski definition) is 3. The summed E-state index contributed by atoms with van der Waals surface area (Å²) in [5, 5.41) is 12.2. The van der Waals surface area contributed by atoms with Crippen molar-refractivity contribution in [2.45, 2.75) is 31.8 Å². The summed E-state index contributed by atoms with van der Waals surface area (Å²) in [6, 6.07) is 10.4. The van der Waals surface area contributed by atoms with E-state index in [0.29, 0.717) is 12.6 Å². The normalized spacial score (nSPS) is 16.5. The van der Waals surface area contributed by atoms with Gasteiger partial charge < -0.3 is 4.74 Å². The van der Waals surface area contributed by atoms with Crippen LogP contribution in [0.5, 0.6) is 5.75 Å². The van der Waals surface area contributed by atoms with Gasteiger partial charge in [0.2, 0.25) is 0 Å². The van der Waals surface area contributed by atoms with Crippen LogP contribution in [-0.2, 0) is 0 Å². The Morgan fingerprint density at radius 1 is 1.56 bits per heavy atom. The molecule has 0 saturated heterocycles. The van der Waals surface area contributed by atoms with Gasteiger partial charge in [-0.15, -0.1) is 0 Å². The predicted molar refractivity (Wildman–Crippen MR) is 62.2 cm³/mol. The van der Waals surface area contributed by atoms with Crippen molar-refractivity contribution in [1.82, 2.24) is 5.32 Å². The Kier molecular flexibility index (Phi) is 3.43. The molecule has 1 N–H and O–H groups in total. The van der Waals surface area contributed by atoms with Crippen molar-refractivity contribution in [3.8, 4) is 11.8 Å². The number of benzene rings is 1. The molecule has 2 rings (SSSR count). The summed E-state index contributed by atoms with van der Waals surface area (Å²) in [5.74, 6) is 0.831. The summed E-state index contributed by atoms with van der Waals surface area (Å²) in [7, 11) is 0. The van der Waals surface area contributed by atoms with Crippen LogP contribution in [0, 0.1) is 18.3 Å². The zero-order valence-electron chi connectivity index (χ0n) is 9.44. The first kappa shape index (κ1) is 11.0. The second kappa shape index (κ2) is 5.00. The zero-order valence-corrected chi connectivity index (χ0v) is 9.44. The predicted octanol–water partition coefficient (Wildman–Crippen LogP) is 2.02. The number of aryl methyl sites for hydroxylation is 1. The van der Waals surface area contributed by atoms with E-state index in [1.807, 2.05) is 31.2 Å². The third kappa shape index (κ3) is 3.25. The average Bonchev–Trinajstić information content (AvgIpc) is 3.08. The van der Waals surface area contributed by atoms with Crippen molar-refractivity contribution >= 4 is 0 Å². The van der Waals surface area contributed by atoms with Gasteiger partial charge in [0, 0.05) is 6.04 Å². The molecule has 1 aliphatic carbocycles. The molecular formula is C13H16N2O. The van der Waals surface area contributed by atoms with Crippen molar-refractivity contribution in [3.63, 3.8) is 0 Å². The molecule has 0 aliphatic heterocycles. The van der Waals surface area contributed by atoms with Crippen molar-refractivity contribution in [2.24, 2.45) is 0 Å². The molecule has 1 aromatic rings. The van der Waals surface area contributed by atoms with Crippen LogP contribution in [0.25, 0.3) is 0 Å². The number of nitrogens with zero attached hydrogens (tertiary/aromatic N) is 1. The third-order valence-electron chi connectivity index (χ3n) is 2.58. The van der Waals surface area contributed by atoms with E-state index in [1.54, 1.807) is 0 Å². The topological polar surface area (TPSA) is 45.0 Å². The van der Waals surface area contributed by atoms with Crippen LogP contribution in [0.2, 0.25) is 0 Å². The standard InChI is InChI=1S/C13H16N2O/c1-10-3-2-4-13(7-10)16-9-12(8-14)15-11-5-6-11/h2-4,7,11-12,15H,5-6,9H2,1H3. The molecule has 0 radical (unpaired) electrons. The van der Waals surface area contributed by atoms with Gasteiger partial charge in [0.1, 0.15) is 18.4 Å². The van der Waals surface area contributed by atoms with Crippen LogP contribution in [0.1, 0.15) is 18.4 Å². The van der Waals surface area contributed by atoms with E-state index in [-0.39, 0.29) is 6.04 Å². The van der Waals surface area contributed by atoms with Crippen LogP contribution < -0.4 is 10.1 Å². The van der Waals surface area contributed by atoms with E-state index in [4.69, 9.17) is 10.00 Å². The highest BCUT2D eigenvalue weighted by Gasteiger charge is 2.24. The lowest BCUT2D eigenvalue weighted by Gasteiger charge is -2.12. The highest BCUT2D eigenvalue weighted by Crippen LogP contribution is 2.19. The molecule has 0 spiro atoms. The summed E-state index contributed by atoms with van der Waals surface area (Å²) in [4.78, 5) is 0. The summed E-state index contributed by atoms with van der Waals surface area (Å²) in [6.07, 6.45) is 2.37. The molecule has 1 unspecified atom stereocenters. The molecule has 1 saturated carbocycles. The number of rotatable bonds is 5. The lowest BCUT2D eigenvalue weighted by atomic mass is 10.2. The SMILES string of the molecule is Cc1cccc(OCC(C#N)NC2CC2)c1. The Balaban J connectivity index is 1.83. The molecule has 84 valence electrons. The van der Waals surface area contributed by atoms with E-state index in [0.717, 1.165) is 5.75 Å². The molecule has 1 aromatic carbocycles. The second-order valence-electron chi connectivity index (χ2n) is 4.25. The number of hydrogen-bond donors (Lipinski definition) is 1. The number of nitrogens with one attached hydrogen (secondary N) is 1. The maximum absolute atomic E-state index is 8.94. The molecule has 1 aliphatic rings. The lowest BCUT2D eigenvalue weighted by molar-refractivity contribution is 0.288. The first-order valence-electron chi connectivity index (χ1n) is 5.63. The second-order valence-corrected chi connectivity index (χ2v) is 4.25. The van der Waals surface area contributed by atoms with Crippen LogP contribution >= 0.6 is 0 Å². The molecular weight excluding hydrogens is 200 g/mol. The molecule has 1 fully saturated rings. The Labute approximate surface area is 96.0 Å². The molecule has 0 amide bonds. The molecule has 0 heterocycles. The van der Waals surface area contributed by atoms with Crippen molar-refractivity contribution < 1.29 is 4.74 Å². The minimum atomic E-state index is -0.201. The number of nitriles is 1. The smallest absolute Gasteiger partial charge is 0.130 e. The highest BCUT2D eigenvalue weighted by molar-refractivity contribution is 5.27. The molecule has 1 atom stereocenters. The van der Waals surface area contributed by atoms with E-state index in [2.05, 4.69) is 11.4 Å². The Morgan fingerprint density at radius 2 is 2.38 bits per heavy atom. The third-order valence-corrected chi connectivity index (χ3v) is 2.58. The van der Waals surface area contributed by atoms with Crippen LogP contribution in [0.3, 0.4) is 0 Å². The monoisotopic (exact) mass is 216 g/mol. The van der Waals surface area contributed by atoms with Gasteiger partial charge in [0.05, 0.1) is 6.07 Å². The fourth-order valence-corrected chi connectivity index (χ4v) is 1.54. The maximum Gasteiger partial charge on any atom is 0.130 e. The van der Waals surface area contributed by atoms with Gasteiger partial charge in [-0.2, -0.15) is 5.26 Å². The minimum absolute atomic E-state index is 0.201. The summed E-state index contributed by atoms with van der Waals surface area (Å²) < 4.78 is 5.58. The molecule has 0 aromatic heterocycles. The van der Waals surface area contributed by atoms with Crippen molar-refractivity contribution in [2.75, 3.05) is 6.61 Å². The Hall–Kier alpha value is -1.53. The van der Waals surface area contributed by atoms with Gasteiger partial charge in [-0.1, -0.05) is 12.1 Å². The maximum atomic E-state index is 8.94. The van der Waals surface area contributed by atoms with Gasteiger partial charge >= 0.3 is 0 Å². The average molecular weight is 216 g/mol. The summed E-state index contributed by atoms with van der Waals surface area (Å²) >= 11 is 0. The van der Waals surface area contributed by atoms with Crippen molar-refractivity contribution in [3.05, 3.63) is 29.8 Å². The van der Waals surface area contributed by atoms with Gasteiger partial charge in [-0.25, -0.2) is 0 Å².